The zero-order valence-electron chi connectivity index (χ0n) is 8.28. The van der Waals surface area contributed by atoms with Crippen LogP contribution in [0.15, 0.2) is 12.3 Å². The van der Waals surface area contributed by atoms with E-state index in [0.29, 0.717) is 12.2 Å². The Hall–Kier alpha value is -1.58. The van der Waals surface area contributed by atoms with Crippen molar-refractivity contribution in [1.29, 1.82) is 0 Å². The zero-order chi connectivity index (χ0) is 10.6. The number of ether oxygens (including phenoxy) is 1. The van der Waals surface area contributed by atoms with Crippen LogP contribution in [0.4, 0.5) is 0 Å². The first-order valence-corrected chi connectivity index (χ1v) is 4.35. The molecule has 1 aromatic rings. The van der Waals surface area contributed by atoms with Crippen molar-refractivity contribution in [2.45, 2.75) is 19.8 Å². The molecule has 4 nitrogen and oxygen atoms in total. The van der Waals surface area contributed by atoms with Crippen molar-refractivity contribution in [2.75, 3.05) is 7.11 Å². The van der Waals surface area contributed by atoms with E-state index in [9.17, 15) is 4.79 Å². The molecule has 0 spiro atoms. The molecule has 0 bridgehead atoms. The molecule has 0 aliphatic heterocycles. The lowest BCUT2D eigenvalue weighted by Gasteiger charge is -2.08. The van der Waals surface area contributed by atoms with E-state index < -0.39 is 5.97 Å². The van der Waals surface area contributed by atoms with Crippen molar-refractivity contribution in [3.8, 4) is 5.75 Å². The number of methoxy groups -OCH3 is 1. The fourth-order valence-electron chi connectivity index (χ4n) is 1.30. The van der Waals surface area contributed by atoms with Gasteiger partial charge in [-0.25, -0.2) is 0 Å². The van der Waals surface area contributed by atoms with E-state index in [1.54, 1.807) is 19.4 Å². The van der Waals surface area contributed by atoms with E-state index in [4.69, 9.17) is 9.84 Å². The minimum atomic E-state index is -0.810. The average molecular weight is 195 g/mol. The second-order valence-electron chi connectivity index (χ2n) is 2.97. The molecule has 4 heteroatoms. The summed E-state index contributed by atoms with van der Waals surface area (Å²) >= 11 is 0. The topological polar surface area (TPSA) is 59.4 Å². The number of hydrogen-bond acceptors (Lipinski definition) is 3. The maximum atomic E-state index is 10.4. The highest BCUT2D eigenvalue weighted by atomic mass is 16.5. The van der Waals surface area contributed by atoms with E-state index in [2.05, 4.69) is 4.98 Å². The van der Waals surface area contributed by atoms with Crippen LogP contribution >= 0.6 is 0 Å². The average Bonchev–Trinajstić information content (AvgIpc) is 2.15. The number of aromatic nitrogens is 1. The fourth-order valence-corrected chi connectivity index (χ4v) is 1.30. The van der Waals surface area contributed by atoms with Crippen LogP contribution in [0.2, 0.25) is 0 Å². The third-order valence-electron chi connectivity index (χ3n) is 2.04. The number of aryl methyl sites for hydroxylation is 1. The van der Waals surface area contributed by atoms with Gasteiger partial charge in [0.25, 0.3) is 0 Å². The predicted molar refractivity (Wildman–Crippen MR) is 51.5 cm³/mol. The van der Waals surface area contributed by atoms with Gasteiger partial charge in [-0.15, -0.1) is 0 Å². The SMILES string of the molecule is COc1ccnc(C)c1CCC(=O)O. The summed E-state index contributed by atoms with van der Waals surface area (Å²) in [6.45, 7) is 1.85. The molecule has 0 saturated carbocycles. The third kappa shape index (κ3) is 2.45. The number of carbonyl (C=O) groups is 1. The molecule has 1 N–H and O–H groups in total. The van der Waals surface area contributed by atoms with Crippen molar-refractivity contribution in [3.63, 3.8) is 0 Å². The minimum Gasteiger partial charge on any atom is -0.496 e. The number of carboxylic acids is 1. The smallest absolute Gasteiger partial charge is 0.303 e. The Morgan fingerprint density at radius 1 is 1.64 bits per heavy atom. The molecule has 0 saturated heterocycles. The van der Waals surface area contributed by atoms with Crippen molar-refractivity contribution in [1.82, 2.24) is 4.98 Å². The number of carboxylic acid groups (broad SMARTS) is 1. The lowest BCUT2D eigenvalue weighted by Crippen LogP contribution is -2.02. The molecule has 1 heterocycles. The molecular weight excluding hydrogens is 182 g/mol. The summed E-state index contributed by atoms with van der Waals surface area (Å²) in [5, 5.41) is 8.57. The van der Waals surface area contributed by atoms with Gasteiger partial charge in [0.1, 0.15) is 5.75 Å². The number of hydrogen-bond donors (Lipinski definition) is 1. The van der Waals surface area contributed by atoms with Gasteiger partial charge in [0.15, 0.2) is 0 Å². The molecule has 0 aromatic carbocycles. The summed E-state index contributed by atoms with van der Waals surface area (Å²) in [7, 11) is 1.57. The highest BCUT2D eigenvalue weighted by molar-refractivity contribution is 5.67. The molecular formula is C10H13NO3. The van der Waals surface area contributed by atoms with Gasteiger partial charge in [0.2, 0.25) is 0 Å². The van der Waals surface area contributed by atoms with Gasteiger partial charge in [0, 0.05) is 23.9 Å². The van der Waals surface area contributed by atoms with Crippen LogP contribution in [0.3, 0.4) is 0 Å². The van der Waals surface area contributed by atoms with Crippen molar-refractivity contribution >= 4 is 5.97 Å². The molecule has 0 fully saturated rings. The lowest BCUT2D eigenvalue weighted by atomic mass is 10.1. The molecule has 0 atom stereocenters. The van der Waals surface area contributed by atoms with Gasteiger partial charge in [-0.05, 0) is 19.4 Å². The Morgan fingerprint density at radius 3 is 2.93 bits per heavy atom. The van der Waals surface area contributed by atoms with Crippen molar-refractivity contribution in [2.24, 2.45) is 0 Å². The van der Waals surface area contributed by atoms with Crippen LogP contribution in [0.1, 0.15) is 17.7 Å². The highest BCUT2D eigenvalue weighted by Gasteiger charge is 2.08. The van der Waals surface area contributed by atoms with Crippen LogP contribution in [-0.4, -0.2) is 23.2 Å². The Morgan fingerprint density at radius 2 is 2.36 bits per heavy atom. The van der Waals surface area contributed by atoms with Crippen LogP contribution in [0.25, 0.3) is 0 Å². The number of nitrogens with zero attached hydrogens (tertiary/aromatic N) is 1. The van der Waals surface area contributed by atoms with Gasteiger partial charge in [-0.3, -0.25) is 9.78 Å². The molecule has 1 rings (SSSR count). The Balaban J connectivity index is 2.87. The summed E-state index contributed by atoms with van der Waals surface area (Å²) in [5.74, 6) is -0.103. The third-order valence-corrected chi connectivity index (χ3v) is 2.04. The quantitative estimate of drug-likeness (QED) is 0.789. The molecule has 0 aliphatic rings. The maximum Gasteiger partial charge on any atom is 0.303 e. The Kier molecular flexibility index (Phi) is 3.45. The summed E-state index contributed by atoms with van der Waals surface area (Å²) in [4.78, 5) is 14.5. The molecule has 1 aromatic heterocycles. The van der Waals surface area contributed by atoms with Crippen LogP contribution in [-0.2, 0) is 11.2 Å². The predicted octanol–water partition coefficient (Wildman–Crippen LogP) is 1.42. The van der Waals surface area contributed by atoms with E-state index in [1.165, 1.54) is 0 Å². The second kappa shape index (κ2) is 4.60. The normalized spacial score (nSPS) is 9.86. The van der Waals surface area contributed by atoms with Crippen molar-refractivity contribution < 1.29 is 14.6 Å². The maximum absolute atomic E-state index is 10.4. The Labute approximate surface area is 82.5 Å². The van der Waals surface area contributed by atoms with Gasteiger partial charge < -0.3 is 9.84 Å². The van der Waals surface area contributed by atoms with Crippen LogP contribution in [0, 0.1) is 6.92 Å². The summed E-state index contributed by atoms with van der Waals surface area (Å²) in [5.41, 5.74) is 1.70. The van der Waals surface area contributed by atoms with Crippen molar-refractivity contribution in [3.05, 3.63) is 23.5 Å². The van der Waals surface area contributed by atoms with Gasteiger partial charge in [-0.2, -0.15) is 0 Å². The molecule has 0 unspecified atom stereocenters. The molecule has 76 valence electrons. The molecule has 0 radical (unpaired) electrons. The largest absolute Gasteiger partial charge is 0.496 e. The molecule has 0 amide bonds. The first kappa shape index (κ1) is 10.5. The standard InChI is InChI=1S/C10H13NO3/c1-7-8(3-4-10(12)13)9(14-2)5-6-11-7/h5-6H,3-4H2,1-2H3,(H,12,13). The van der Waals surface area contributed by atoms with Gasteiger partial charge in [0.05, 0.1) is 7.11 Å². The van der Waals surface area contributed by atoms with Gasteiger partial charge >= 0.3 is 5.97 Å². The van der Waals surface area contributed by atoms with E-state index in [1.807, 2.05) is 6.92 Å². The number of aliphatic carboxylic acids is 1. The fraction of sp³-hybridized carbons (Fsp3) is 0.400. The number of pyridine rings is 1. The highest BCUT2D eigenvalue weighted by Crippen LogP contribution is 2.21. The van der Waals surface area contributed by atoms with Gasteiger partial charge in [-0.1, -0.05) is 0 Å². The van der Waals surface area contributed by atoms with E-state index in [0.717, 1.165) is 11.3 Å². The first-order valence-electron chi connectivity index (χ1n) is 4.35. The van der Waals surface area contributed by atoms with E-state index in [-0.39, 0.29) is 6.42 Å². The van der Waals surface area contributed by atoms with Crippen LogP contribution < -0.4 is 4.74 Å². The minimum absolute atomic E-state index is 0.100. The number of rotatable bonds is 4. The summed E-state index contributed by atoms with van der Waals surface area (Å²) < 4.78 is 5.13. The Bertz CT molecular complexity index is 336. The zero-order valence-corrected chi connectivity index (χ0v) is 8.28. The molecule has 14 heavy (non-hydrogen) atoms. The second-order valence-corrected chi connectivity index (χ2v) is 2.97. The lowest BCUT2D eigenvalue weighted by molar-refractivity contribution is -0.136. The van der Waals surface area contributed by atoms with E-state index >= 15 is 0 Å². The summed E-state index contributed by atoms with van der Waals surface area (Å²) in [6, 6.07) is 1.74. The molecule has 0 aliphatic carbocycles. The monoisotopic (exact) mass is 195 g/mol. The van der Waals surface area contributed by atoms with Crippen LogP contribution in [0.5, 0.6) is 5.75 Å². The summed E-state index contributed by atoms with van der Waals surface area (Å²) in [6.07, 6.45) is 2.21. The first-order chi connectivity index (χ1) is 6.65.